The van der Waals surface area contributed by atoms with Gasteiger partial charge in [0.1, 0.15) is 0 Å². The van der Waals surface area contributed by atoms with Crippen LogP contribution in [0.1, 0.15) is 27.0 Å². The molecule has 1 atom stereocenters. The van der Waals surface area contributed by atoms with E-state index in [-0.39, 0.29) is 23.3 Å². The number of aliphatic hydroxyl groups is 3. The van der Waals surface area contributed by atoms with Crippen molar-refractivity contribution in [3.05, 3.63) is 64.7 Å². The Morgan fingerprint density at radius 3 is 1.91 bits per heavy atom. The highest BCUT2D eigenvalue weighted by atomic mass is 31.1. The third-order valence-electron chi connectivity index (χ3n) is 3.27. The van der Waals surface area contributed by atoms with Gasteiger partial charge in [-0.25, -0.2) is 4.79 Å². The summed E-state index contributed by atoms with van der Waals surface area (Å²) in [5.41, 5.74) is 0.394. The molecule has 0 spiro atoms. The van der Waals surface area contributed by atoms with Crippen LogP contribution in [0.3, 0.4) is 0 Å². The predicted octanol–water partition coefficient (Wildman–Crippen LogP) is 1.46. The summed E-state index contributed by atoms with van der Waals surface area (Å²) in [5.74, 6) is 0. The molecule has 0 amide bonds. The Labute approximate surface area is 128 Å². The number of carbonyl (C=O) groups is 1. The van der Waals surface area contributed by atoms with Gasteiger partial charge in [0, 0.05) is 0 Å². The van der Waals surface area contributed by atoms with Crippen molar-refractivity contribution in [2.24, 2.45) is 0 Å². The molecule has 0 aliphatic heterocycles. The maximum atomic E-state index is 12.5. The van der Waals surface area contributed by atoms with E-state index in [2.05, 4.69) is 0 Å². The van der Waals surface area contributed by atoms with Gasteiger partial charge in [0.25, 0.3) is 0 Å². The van der Waals surface area contributed by atoms with Crippen LogP contribution in [0.15, 0.2) is 42.5 Å². The summed E-state index contributed by atoms with van der Waals surface area (Å²) in [5, 5.41) is 28.5. The van der Waals surface area contributed by atoms with Crippen molar-refractivity contribution in [2.75, 3.05) is 0 Å². The molecule has 0 bridgehead atoms. The Hall–Kier alpha value is -1.91. The van der Waals surface area contributed by atoms with Gasteiger partial charge in [0.15, 0.2) is 5.30 Å². The summed E-state index contributed by atoms with van der Waals surface area (Å²) < 4.78 is 12.4. The Kier molecular flexibility index (Phi) is 5.52. The molecule has 114 valence electrons. The average molecular weight is 319 g/mol. The average Bonchev–Trinajstić information content (AvgIpc) is 2.59. The van der Waals surface area contributed by atoms with Gasteiger partial charge in [0.05, 0.1) is 25.4 Å². The summed E-state index contributed by atoms with van der Waals surface area (Å²) in [6, 6.07) is 11.3. The Morgan fingerprint density at radius 2 is 1.45 bits per heavy atom. The molecule has 0 fully saturated rings. The van der Waals surface area contributed by atoms with Crippen molar-refractivity contribution in [2.45, 2.75) is 19.8 Å². The smallest absolute Gasteiger partial charge is 0.392 e. The van der Waals surface area contributed by atoms with Crippen LogP contribution < -0.4 is 5.30 Å². The summed E-state index contributed by atoms with van der Waals surface area (Å²) in [4.78, 5) is 12.5. The minimum absolute atomic E-state index is 0.0622. The van der Waals surface area contributed by atoms with E-state index >= 15 is 0 Å². The quantitative estimate of drug-likeness (QED) is 0.701. The van der Waals surface area contributed by atoms with Crippen LogP contribution in [-0.2, 0) is 24.4 Å². The van der Waals surface area contributed by atoms with Crippen molar-refractivity contribution in [3.8, 4) is 0 Å². The molecule has 0 saturated carbocycles. The lowest BCUT2D eigenvalue weighted by Gasteiger charge is -2.09. The lowest BCUT2D eigenvalue weighted by Crippen LogP contribution is -2.11. The standard InChI is InChI=1S/C16H16O5P/c17-8-11-6-12(9-18)15(13(7-11)10-19)16(20)22(21)14-4-2-1-3-5-14/h1-7,17-19H,8-10H2/q+1. The summed E-state index contributed by atoms with van der Waals surface area (Å²) >= 11 is 0. The highest BCUT2D eigenvalue weighted by Gasteiger charge is 2.35. The van der Waals surface area contributed by atoms with Crippen molar-refractivity contribution in [3.63, 3.8) is 0 Å². The van der Waals surface area contributed by atoms with Gasteiger partial charge in [0.2, 0.25) is 0 Å². The SMILES string of the molecule is O=C(c1c(CO)cc(CO)cc1CO)[P+](=O)c1ccccc1. The van der Waals surface area contributed by atoms with Gasteiger partial charge in [-0.05, 0) is 28.8 Å². The molecule has 5 nitrogen and oxygen atoms in total. The van der Waals surface area contributed by atoms with E-state index in [0.29, 0.717) is 10.9 Å². The zero-order chi connectivity index (χ0) is 16.1. The fraction of sp³-hybridized carbons (Fsp3) is 0.188. The molecule has 0 aliphatic rings. The summed E-state index contributed by atoms with van der Waals surface area (Å²) in [6.07, 6.45) is 0. The Bertz CT molecular complexity index is 672. The minimum atomic E-state index is -2.34. The summed E-state index contributed by atoms with van der Waals surface area (Å²) in [7, 11) is -2.34. The third-order valence-corrected chi connectivity index (χ3v) is 4.63. The van der Waals surface area contributed by atoms with Crippen LogP contribution in [0.4, 0.5) is 0 Å². The van der Waals surface area contributed by atoms with Gasteiger partial charge >= 0.3 is 13.3 Å². The van der Waals surface area contributed by atoms with Crippen LogP contribution >= 0.6 is 7.80 Å². The van der Waals surface area contributed by atoms with Gasteiger partial charge in [-0.3, -0.25) is 0 Å². The lowest BCUT2D eigenvalue weighted by molar-refractivity contribution is 0.107. The van der Waals surface area contributed by atoms with Crippen LogP contribution in [0.25, 0.3) is 0 Å². The first-order valence-electron chi connectivity index (χ1n) is 6.66. The molecular formula is C16H16O5P+. The first-order chi connectivity index (χ1) is 10.6. The van der Waals surface area contributed by atoms with Crippen molar-refractivity contribution in [1.29, 1.82) is 0 Å². The number of rotatable bonds is 6. The molecule has 0 aliphatic carbocycles. The fourth-order valence-electron chi connectivity index (χ4n) is 2.24. The summed E-state index contributed by atoms with van der Waals surface area (Å²) in [6.45, 7) is -1.17. The zero-order valence-corrected chi connectivity index (χ0v) is 12.7. The topological polar surface area (TPSA) is 94.8 Å². The first-order valence-corrected chi connectivity index (χ1v) is 7.92. The minimum Gasteiger partial charge on any atom is -0.392 e. The largest absolute Gasteiger partial charge is 0.458 e. The van der Waals surface area contributed by atoms with E-state index in [1.54, 1.807) is 30.3 Å². The van der Waals surface area contributed by atoms with E-state index < -0.39 is 26.5 Å². The second kappa shape index (κ2) is 7.38. The normalized spacial score (nSPS) is 11.3. The molecule has 6 heteroatoms. The monoisotopic (exact) mass is 319 g/mol. The molecule has 0 aromatic heterocycles. The molecule has 2 rings (SSSR count). The van der Waals surface area contributed by atoms with Crippen molar-refractivity contribution >= 4 is 18.6 Å². The number of aliphatic hydroxyl groups excluding tert-OH is 3. The van der Waals surface area contributed by atoms with Crippen molar-refractivity contribution < 1.29 is 24.7 Å². The number of hydrogen-bond donors (Lipinski definition) is 3. The third kappa shape index (κ3) is 3.29. The van der Waals surface area contributed by atoms with Gasteiger partial charge in [-0.1, -0.05) is 34.9 Å². The van der Waals surface area contributed by atoms with E-state index in [1.165, 1.54) is 12.1 Å². The van der Waals surface area contributed by atoms with E-state index in [9.17, 15) is 24.7 Å². The molecule has 2 aromatic carbocycles. The Balaban J connectivity index is 2.51. The fourth-order valence-corrected chi connectivity index (χ4v) is 3.41. The number of benzene rings is 2. The molecule has 22 heavy (non-hydrogen) atoms. The second-order valence-corrected chi connectivity index (χ2v) is 6.21. The molecule has 2 aromatic rings. The molecule has 1 unspecified atom stereocenters. The van der Waals surface area contributed by atoms with Gasteiger partial charge in [-0.2, -0.15) is 0 Å². The molecular weight excluding hydrogens is 303 g/mol. The molecule has 0 radical (unpaired) electrons. The van der Waals surface area contributed by atoms with E-state index in [4.69, 9.17) is 0 Å². The van der Waals surface area contributed by atoms with Gasteiger partial charge in [-0.15, -0.1) is 0 Å². The predicted molar refractivity (Wildman–Crippen MR) is 82.2 cm³/mol. The van der Waals surface area contributed by atoms with Crippen molar-refractivity contribution in [1.82, 2.24) is 0 Å². The first kappa shape index (κ1) is 16.5. The molecule has 0 heterocycles. The van der Waals surface area contributed by atoms with E-state index in [0.717, 1.165) is 0 Å². The Morgan fingerprint density at radius 1 is 0.909 bits per heavy atom. The molecule has 0 saturated heterocycles. The van der Waals surface area contributed by atoms with Crippen LogP contribution in [-0.4, -0.2) is 20.8 Å². The maximum Gasteiger partial charge on any atom is 0.458 e. The number of hydrogen-bond acceptors (Lipinski definition) is 5. The highest BCUT2D eigenvalue weighted by molar-refractivity contribution is 7.71. The maximum absolute atomic E-state index is 12.5. The van der Waals surface area contributed by atoms with Crippen LogP contribution in [0.5, 0.6) is 0 Å². The second-order valence-electron chi connectivity index (χ2n) is 4.70. The zero-order valence-electron chi connectivity index (χ0n) is 11.8. The van der Waals surface area contributed by atoms with E-state index in [1.807, 2.05) is 0 Å². The number of carbonyl (C=O) groups excluding carboxylic acids is 1. The van der Waals surface area contributed by atoms with Crippen LogP contribution in [0, 0.1) is 0 Å². The molecule has 3 N–H and O–H groups in total. The highest BCUT2D eigenvalue weighted by Crippen LogP contribution is 2.31. The lowest BCUT2D eigenvalue weighted by atomic mass is 9.99. The van der Waals surface area contributed by atoms with Gasteiger partial charge < -0.3 is 15.3 Å². The van der Waals surface area contributed by atoms with Crippen LogP contribution in [0.2, 0.25) is 0 Å².